The van der Waals surface area contributed by atoms with Crippen molar-refractivity contribution in [2.45, 2.75) is 32.7 Å². The van der Waals surface area contributed by atoms with Gasteiger partial charge in [-0.15, -0.1) is 5.10 Å². The van der Waals surface area contributed by atoms with Crippen molar-refractivity contribution >= 4 is 0 Å². The van der Waals surface area contributed by atoms with Crippen molar-refractivity contribution in [1.82, 2.24) is 15.5 Å². The van der Waals surface area contributed by atoms with E-state index in [2.05, 4.69) is 53.6 Å². The highest BCUT2D eigenvalue weighted by molar-refractivity contribution is 5.25. The largest absolute Gasteiger partial charge is 0.480 e. The molecule has 1 aromatic heterocycles. The Balaban J connectivity index is 2.16. The summed E-state index contributed by atoms with van der Waals surface area (Å²) in [5, 5.41) is 11.9. The van der Waals surface area contributed by atoms with E-state index in [-0.39, 0.29) is 6.04 Å². The second-order valence-corrected chi connectivity index (χ2v) is 5.20. The molecular formula is C17H23N3O. The van der Waals surface area contributed by atoms with Crippen LogP contribution in [0.2, 0.25) is 0 Å². The molecule has 112 valence electrons. The van der Waals surface area contributed by atoms with Crippen molar-refractivity contribution in [2.75, 3.05) is 13.7 Å². The maximum Gasteiger partial charge on any atom is 0.233 e. The van der Waals surface area contributed by atoms with Gasteiger partial charge in [-0.05, 0) is 37.9 Å². The maximum atomic E-state index is 5.07. The maximum absolute atomic E-state index is 5.07. The fourth-order valence-electron chi connectivity index (χ4n) is 2.30. The van der Waals surface area contributed by atoms with Crippen LogP contribution in [0.3, 0.4) is 0 Å². The average Bonchev–Trinajstić information content (AvgIpc) is 2.51. The summed E-state index contributed by atoms with van der Waals surface area (Å²) in [6, 6.07) is 12.6. The van der Waals surface area contributed by atoms with Crippen LogP contribution >= 0.6 is 0 Å². The third kappa shape index (κ3) is 4.53. The number of methoxy groups -OCH3 is 1. The lowest BCUT2D eigenvalue weighted by molar-refractivity contribution is 0.389. The molecule has 0 fully saturated rings. The molecule has 0 saturated carbocycles. The van der Waals surface area contributed by atoms with E-state index in [0.29, 0.717) is 5.88 Å². The zero-order valence-corrected chi connectivity index (χ0v) is 13.0. The van der Waals surface area contributed by atoms with E-state index in [1.54, 1.807) is 7.11 Å². The molecule has 1 atom stereocenters. The summed E-state index contributed by atoms with van der Waals surface area (Å²) in [5.41, 5.74) is 3.54. The topological polar surface area (TPSA) is 47.0 Å². The molecule has 0 aliphatic heterocycles. The van der Waals surface area contributed by atoms with Gasteiger partial charge in [0.2, 0.25) is 5.88 Å². The molecule has 0 aliphatic rings. The van der Waals surface area contributed by atoms with E-state index in [9.17, 15) is 0 Å². The second kappa shape index (κ2) is 7.74. The van der Waals surface area contributed by atoms with Crippen molar-refractivity contribution in [3.05, 3.63) is 53.2 Å². The van der Waals surface area contributed by atoms with Crippen molar-refractivity contribution in [1.29, 1.82) is 0 Å². The SMILES string of the molecule is CCCNC(Cc1cccc(C)c1)c1ccc(OC)nn1. The Hall–Kier alpha value is -1.94. The van der Waals surface area contributed by atoms with Gasteiger partial charge in [-0.2, -0.15) is 5.10 Å². The van der Waals surface area contributed by atoms with Crippen LogP contribution in [0.25, 0.3) is 0 Å². The molecule has 1 N–H and O–H groups in total. The minimum Gasteiger partial charge on any atom is -0.480 e. The quantitative estimate of drug-likeness (QED) is 0.849. The molecule has 0 saturated heterocycles. The molecule has 0 aliphatic carbocycles. The van der Waals surface area contributed by atoms with Gasteiger partial charge in [-0.25, -0.2) is 0 Å². The van der Waals surface area contributed by atoms with Crippen molar-refractivity contribution in [2.24, 2.45) is 0 Å². The standard InChI is InChI=1S/C17H23N3O/c1-4-10-18-16(12-14-7-5-6-13(2)11-14)15-8-9-17(21-3)20-19-15/h5-9,11,16,18H,4,10,12H2,1-3H3. The fraction of sp³-hybridized carbons (Fsp3) is 0.412. The van der Waals surface area contributed by atoms with Gasteiger partial charge in [-0.1, -0.05) is 36.8 Å². The van der Waals surface area contributed by atoms with Crippen LogP contribution in [0.4, 0.5) is 0 Å². The summed E-state index contributed by atoms with van der Waals surface area (Å²) in [6.45, 7) is 5.24. The molecule has 4 heteroatoms. The van der Waals surface area contributed by atoms with Crippen LogP contribution in [-0.4, -0.2) is 23.9 Å². The summed E-state index contributed by atoms with van der Waals surface area (Å²) in [6.07, 6.45) is 2.00. The molecule has 21 heavy (non-hydrogen) atoms. The number of benzene rings is 1. The molecule has 1 aromatic carbocycles. The minimum absolute atomic E-state index is 0.171. The van der Waals surface area contributed by atoms with Gasteiger partial charge >= 0.3 is 0 Å². The van der Waals surface area contributed by atoms with Gasteiger partial charge in [0.1, 0.15) is 0 Å². The first kappa shape index (κ1) is 15.4. The monoisotopic (exact) mass is 285 g/mol. The fourth-order valence-corrected chi connectivity index (χ4v) is 2.30. The summed E-state index contributed by atoms with van der Waals surface area (Å²) in [7, 11) is 1.60. The molecule has 1 unspecified atom stereocenters. The highest BCUT2D eigenvalue weighted by atomic mass is 16.5. The van der Waals surface area contributed by atoms with Crippen LogP contribution in [0, 0.1) is 6.92 Å². The van der Waals surface area contributed by atoms with Crippen LogP contribution in [-0.2, 0) is 6.42 Å². The Morgan fingerprint density at radius 3 is 2.67 bits per heavy atom. The Labute approximate surface area is 126 Å². The van der Waals surface area contributed by atoms with E-state index in [1.165, 1.54) is 11.1 Å². The van der Waals surface area contributed by atoms with E-state index >= 15 is 0 Å². The molecule has 1 heterocycles. The molecular weight excluding hydrogens is 262 g/mol. The van der Waals surface area contributed by atoms with Gasteiger partial charge in [0.15, 0.2) is 0 Å². The van der Waals surface area contributed by atoms with Gasteiger partial charge in [0.25, 0.3) is 0 Å². The molecule has 0 spiro atoms. The number of rotatable bonds is 7. The highest BCUT2D eigenvalue weighted by Crippen LogP contribution is 2.18. The third-order valence-corrected chi connectivity index (χ3v) is 3.39. The number of aromatic nitrogens is 2. The zero-order chi connectivity index (χ0) is 15.1. The molecule has 0 radical (unpaired) electrons. The van der Waals surface area contributed by atoms with Gasteiger partial charge < -0.3 is 10.1 Å². The normalized spacial score (nSPS) is 12.1. The number of hydrogen-bond acceptors (Lipinski definition) is 4. The van der Waals surface area contributed by atoms with E-state index in [1.807, 2.05) is 12.1 Å². The Kier molecular flexibility index (Phi) is 5.69. The summed E-state index contributed by atoms with van der Waals surface area (Å²) in [4.78, 5) is 0. The van der Waals surface area contributed by atoms with E-state index in [0.717, 1.165) is 25.1 Å². The summed E-state index contributed by atoms with van der Waals surface area (Å²) in [5.74, 6) is 0.545. The average molecular weight is 285 g/mol. The smallest absolute Gasteiger partial charge is 0.233 e. The minimum atomic E-state index is 0.171. The van der Waals surface area contributed by atoms with Gasteiger partial charge in [0, 0.05) is 6.07 Å². The van der Waals surface area contributed by atoms with Crippen LogP contribution in [0.15, 0.2) is 36.4 Å². The lowest BCUT2D eigenvalue weighted by Crippen LogP contribution is -2.25. The van der Waals surface area contributed by atoms with Crippen LogP contribution in [0.5, 0.6) is 5.88 Å². The highest BCUT2D eigenvalue weighted by Gasteiger charge is 2.14. The van der Waals surface area contributed by atoms with Crippen molar-refractivity contribution in [3.63, 3.8) is 0 Å². The molecule has 2 aromatic rings. The van der Waals surface area contributed by atoms with E-state index < -0.39 is 0 Å². The molecule has 2 rings (SSSR count). The second-order valence-electron chi connectivity index (χ2n) is 5.20. The van der Waals surface area contributed by atoms with Gasteiger partial charge in [0.05, 0.1) is 18.8 Å². The van der Waals surface area contributed by atoms with Gasteiger partial charge in [-0.3, -0.25) is 0 Å². The molecule has 4 nitrogen and oxygen atoms in total. The number of nitrogens with zero attached hydrogens (tertiary/aromatic N) is 2. The van der Waals surface area contributed by atoms with Crippen LogP contribution in [0.1, 0.15) is 36.2 Å². The number of ether oxygens (including phenoxy) is 1. The lowest BCUT2D eigenvalue weighted by Gasteiger charge is -2.18. The number of aryl methyl sites for hydroxylation is 1. The predicted octanol–water partition coefficient (Wildman–Crippen LogP) is 3.08. The van der Waals surface area contributed by atoms with Crippen molar-refractivity contribution in [3.8, 4) is 5.88 Å². The number of nitrogens with one attached hydrogen (secondary N) is 1. The summed E-state index contributed by atoms with van der Waals surface area (Å²) < 4.78 is 5.07. The molecule has 0 amide bonds. The first-order chi connectivity index (χ1) is 10.2. The predicted molar refractivity (Wildman–Crippen MR) is 84.5 cm³/mol. The number of hydrogen-bond donors (Lipinski definition) is 1. The first-order valence-corrected chi connectivity index (χ1v) is 7.39. The van der Waals surface area contributed by atoms with Crippen molar-refractivity contribution < 1.29 is 4.74 Å². The Morgan fingerprint density at radius 1 is 1.19 bits per heavy atom. The molecule has 0 bridgehead atoms. The first-order valence-electron chi connectivity index (χ1n) is 7.39. The third-order valence-electron chi connectivity index (χ3n) is 3.39. The lowest BCUT2D eigenvalue weighted by atomic mass is 10.0. The Morgan fingerprint density at radius 2 is 2.05 bits per heavy atom. The zero-order valence-electron chi connectivity index (χ0n) is 13.0. The van der Waals surface area contributed by atoms with E-state index in [4.69, 9.17) is 4.74 Å². The van der Waals surface area contributed by atoms with Crippen LogP contribution < -0.4 is 10.1 Å². The Bertz CT molecular complexity index is 554. The summed E-state index contributed by atoms with van der Waals surface area (Å²) >= 11 is 0.